The van der Waals surface area contributed by atoms with Crippen LogP contribution in [0, 0.1) is 5.82 Å². The van der Waals surface area contributed by atoms with E-state index in [2.05, 4.69) is 0 Å². The van der Waals surface area contributed by atoms with Crippen LogP contribution in [-0.4, -0.2) is 54.6 Å². The minimum absolute atomic E-state index is 0.00910. The Hall–Kier alpha value is -0.960. The van der Waals surface area contributed by atoms with Crippen LogP contribution in [0.15, 0.2) is 12.1 Å². The van der Waals surface area contributed by atoms with Crippen LogP contribution in [0.4, 0.5) is 4.39 Å². The molecule has 0 saturated carbocycles. The number of carbonyl (C=O) groups is 1. The van der Waals surface area contributed by atoms with Crippen LogP contribution in [0.5, 0.6) is 0 Å². The van der Waals surface area contributed by atoms with Crippen molar-refractivity contribution in [2.24, 2.45) is 5.73 Å². The van der Waals surface area contributed by atoms with Crippen molar-refractivity contribution < 1.29 is 18.7 Å². The van der Waals surface area contributed by atoms with Crippen molar-refractivity contribution in [2.45, 2.75) is 45.3 Å². The number of benzene rings is 1. The second-order valence-corrected chi connectivity index (χ2v) is 6.97. The largest absolute Gasteiger partial charge is 0.369 e. The summed E-state index contributed by atoms with van der Waals surface area (Å²) in [5, 5.41) is 0.286. The van der Waals surface area contributed by atoms with Crippen LogP contribution in [-0.2, 0) is 20.1 Å². The topological polar surface area (TPSA) is 68.0 Å². The van der Waals surface area contributed by atoms with E-state index >= 15 is 0 Å². The number of halogens is 3. The maximum absolute atomic E-state index is 14.0. The van der Waals surface area contributed by atoms with Crippen molar-refractivity contribution in [3.63, 3.8) is 0 Å². The van der Waals surface area contributed by atoms with Crippen molar-refractivity contribution in [3.8, 4) is 0 Å². The molecular weight excluding hydrogens is 396 g/mol. The van der Waals surface area contributed by atoms with E-state index in [1.165, 1.54) is 12.1 Å². The lowest BCUT2D eigenvalue weighted by molar-refractivity contribution is -0.155. The zero-order chi connectivity index (χ0) is 20.1. The third-order valence-electron chi connectivity index (χ3n) is 4.59. The van der Waals surface area contributed by atoms with Gasteiger partial charge >= 0.3 is 0 Å². The van der Waals surface area contributed by atoms with Gasteiger partial charge in [-0.3, -0.25) is 9.69 Å². The van der Waals surface area contributed by atoms with E-state index in [-0.39, 0.29) is 29.7 Å². The first-order valence-corrected chi connectivity index (χ1v) is 9.81. The maximum atomic E-state index is 14.0. The molecule has 1 aromatic rings. The highest BCUT2D eigenvalue weighted by Crippen LogP contribution is 2.36. The molecule has 0 radical (unpaired) electrons. The number of hydrogen-bond donors (Lipinski definition) is 1. The molecule has 1 aliphatic heterocycles. The van der Waals surface area contributed by atoms with Crippen LogP contribution in [0.2, 0.25) is 5.02 Å². The minimum atomic E-state index is -0.542. The van der Waals surface area contributed by atoms with E-state index < -0.39 is 18.1 Å². The molecule has 1 fully saturated rings. The monoisotopic (exact) mass is 421 g/mol. The van der Waals surface area contributed by atoms with Gasteiger partial charge in [0.1, 0.15) is 12.0 Å². The first kappa shape index (κ1) is 22.3. The molecule has 3 unspecified atom stereocenters. The second kappa shape index (κ2) is 10.0. The third-order valence-corrected chi connectivity index (χ3v) is 5.20. The summed E-state index contributed by atoms with van der Waals surface area (Å²) in [6.07, 6.45) is -0.913. The molecule has 2 rings (SSSR count). The Morgan fingerprint density at radius 2 is 2.04 bits per heavy atom. The van der Waals surface area contributed by atoms with Gasteiger partial charge < -0.3 is 15.2 Å². The predicted molar refractivity (Wildman–Crippen MR) is 103 cm³/mol. The summed E-state index contributed by atoms with van der Waals surface area (Å²) in [6.45, 7) is 7.01. The molecule has 3 atom stereocenters. The second-order valence-electron chi connectivity index (χ2n) is 6.29. The Morgan fingerprint density at radius 3 is 2.59 bits per heavy atom. The van der Waals surface area contributed by atoms with Gasteiger partial charge in [-0.2, -0.15) is 0 Å². The molecule has 2 N–H and O–H groups in total. The maximum Gasteiger partial charge on any atom is 0.231 e. The molecule has 9 heteroatoms. The average molecular weight is 422 g/mol. The minimum Gasteiger partial charge on any atom is -0.369 e. The molecule has 0 aromatic heterocycles. The summed E-state index contributed by atoms with van der Waals surface area (Å²) in [4.78, 5) is 15.3. The smallest absolute Gasteiger partial charge is 0.231 e. The fraction of sp³-hybridized carbons (Fsp3) is 0.611. The van der Waals surface area contributed by atoms with Gasteiger partial charge in [0.25, 0.3) is 0 Å². The fourth-order valence-electron chi connectivity index (χ4n) is 3.41. The number of ether oxygens (including phenoxy) is 2. The van der Waals surface area contributed by atoms with Crippen molar-refractivity contribution in [3.05, 3.63) is 34.1 Å². The predicted octanol–water partition coefficient (Wildman–Crippen LogP) is 3.06. The summed E-state index contributed by atoms with van der Waals surface area (Å²) < 4.78 is 25.7. The molecule has 0 aliphatic carbocycles. The lowest BCUT2D eigenvalue weighted by Crippen LogP contribution is -2.47. The number of amides is 1. The number of carbonyl (C=O) groups excluding carboxylic acids is 1. The summed E-state index contributed by atoms with van der Waals surface area (Å²) in [5.41, 5.74) is 6.76. The van der Waals surface area contributed by atoms with E-state index in [1.807, 2.05) is 25.7 Å². The van der Waals surface area contributed by atoms with Gasteiger partial charge in [0.15, 0.2) is 6.35 Å². The van der Waals surface area contributed by atoms with Crippen molar-refractivity contribution in [2.75, 3.05) is 26.3 Å². The summed E-state index contributed by atoms with van der Waals surface area (Å²) in [5.74, 6) is -0.751. The van der Waals surface area contributed by atoms with Crippen LogP contribution in [0.1, 0.15) is 37.9 Å². The van der Waals surface area contributed by atoms with E-state index in [0.29, 0.717) is 30.9 Å². The van der Waals surface area contributed by atoms with E-state index in [9.17, 15) is 9.18 Å². The van der Waals surface area contributed by atoms with Gasteiger partial charge in [-0.15, -0.1) is 11.6 Å². The zero-order valence-corrected chi connectivity index (χ0v) is 17.3. The number of nitrogens with two attached hydrogens (primary N) is 1. The van der Waals surface area contributed by atoms with Gasteiger partial charge in [-0.05, 0) is 44.0 Å². The standard InChI is InChI=1S/C18H26Cl2FN3O3/c1-4-26-17-10-23(18(27-5-2)24(17)9-16(22)25)11(3)13-6-12(21)7-15(20)14(13)8-19/h6-7,11,17-18H,4-5,8-10H2,1-3H3,(H2,22,25). The van der Waals surface area contributed by atoms with Gasteiger partial charge in [0.05, 0.1) is 6.54 Å². The quantitative estimate of drug-likeness (QED) is 0.620. The SMILES string of the molecule is CCOC1CN(C(C)c2cc(F)cc(Cl)c2CCl)C(OCC)N1CC(N)=O. The van der Waals surface area contributed by atoms with Crippen LogP contribution in [0.25, 0.3) is 0 Å². The highest BCUT2D eigenvalue weighted by molar-refractivity contribution is 6.32. The highest BCUT2D eigenvalue weighted by atomic mass is 35.5. The number of hydrogen-bond acceptors (Lipinski definition) is 5. The Bertz CT molecular complexity index is 665. The van der Waals surface area contributed by atoms with Gasteiger partial charge in [-0.25, -0.2) is 9.29 Å². The van der Waals surface area contributed by atoms with Gasteiger partial charge in [-0.1, -0.05) is 11.6 Å². The molecule has 0 bridgehead atoms. The molecule has 1 amide bonds. The van der Waals surface area contributed by atoms with Crippen molar-refractivity contribution in [1.82, 2.24) is 9.80 Å². The molecule has 6 nitrogen and oxygen atoms in total. The first-order valence-electron chi connectivity index (χ1n) is 8.90. The lowest BCUT2D eigenvalue weighted by Gasteiger charge is -2.34. The highest BCUT2D eigenvalue weighted by Gasteiger charge is 2.44. The molecule has 1 heterocycles. The van der Waals surface area contributed by atoms with Gasteiger partial charge in [0, 0.05) is 36.7 Å². The fourth-order valence-corrected chi connectivity index (χ4v) is 4.06. The first-order chi connectivity index (χ1) is 12.8. The van der Waals surface area contributed by atoms with Crippen LogP contribution >= 0.6 is 23.2 Å². The average Bonchev–Trinajstić information content (AvgIpc) is 2.91. The zero-order valence-electron chi connectivity index (χ0n) is 15.8. The Morgan fingerprint density at radius 1 is 1.37 bits per heavy atom. The van der Waals surface area contributed by atoms with E-state index in [4.69, 9.17) is 38.4 Å². The van der Waals surface area contributed by atoms with E-state index in [0.717, 1.165) is 0 Å². The molecule has 1 saturated heterocycles. The Balaban J connectivity index is 2.41. The lowest BCUT2D eigenvalue weighted by atomic mass is 10.0. The summed E-state index contributed by atoms with van der Waals surface area (Å²) in [7, 11) is 0. The molecule has 152 valence electrons. The third kappa shape index (κ3) is 5.10. The number of rotatable bonds is 9. The van der Waals surface area contributed by atoms with Crippen LogP contribution < -0.4 is 5.73 Å². The molecule has 27 heavy (non-hydrogen) atoms. The molecule has 0 spiro atoms. The Labute approximate surface area is 169 Å². The molecule has 1 aromatic carbocycles. The summed E-state index contributed by atoms with van der Waals surface area (Å²) >= 11 is 12.2. The van der Waals surface area contributed by atoms with E-state index in [1.54, 1.807) is 4.90 Å². The van der Waals surface area contributed by atoms with Gasteiger partial charge in [0.2, 0.25) is 5.91 Å². The van der Waals surface area contributed by atoms with Crippen molar-refractivity contribution in [1.29, 1.82) is 0 Å². The molecule has 1 aliphatic rings. The Kier molecular flexibility index (Phi) is 8.27. The van der Waals surface area contributed by atoms with Crippen molar-refractivity contribution >= 4 is 29.1 Å². The summed E-state index contributed by atoms with van der Waals surface area (Å²) in [6, 6.07) is 2.41. The normalized spacial score (nSPS) is 22.3. The van der Waals surface area contributed by atoms with Crippen LogP contribution in [0.3, 0.4) is 0 Å². The number of nitrogens with zero attached hydrogens (tertiary/aromatic N) is 2. The number of alkyl halides is 1. The molecular formula is C18H26Cl2FN3O3. The number of primary amides is 1.